The van der Waals surface area contributed by atoms with Gasteiger partial charge in [-0.15, -0.1) is 0 Å². The Morgan fingerprint density at radius 1 is 0.769 bits per heavy atom. The van der Waals surface area contributed by atoms with Gasteiger partial charge < -0.3 is 4.55 Å². The van der Waals surface area contributed by atoms with Crippen molar-refractivity contribution in [2.75, 3.05) is 5.75 Å². The molecule has 26 heavy (non-hydrogen) atoms. The van der Waals surface area contributed by atoms with Crippen molar-refractivity contribution in [2.24, 2.45) is 0 Å². The summed E-state index contributed by atoms with van der Waals surface area (Å²) >= 11 is 0. The minimum atomic E-state index is -6.09. The first-order chi connectivity index (χ1) is 11.8. The first-order valence-electron chi connectivity index (χ1n) is 6.71. The zero-order chi connectivity index (χ0) is 20.0. The molecular weight excluding hydrogens is 406 g/mol. The fourth-order valence-corrected chi connectivity index (χ4v) is 3.54. The van der Waals surface area contributed by atoms with Crippen LogP contribution in [0.5, 0.6) is 0 Å². The summed E-state index contributed by atoms with van der Waals surface area (Å²) in [6.07, 6.45) is -4.16. The zero-order valence-corrected chi connectivity index (χ0v) is 14.4. The van der Waals surface area contributed by atoms with Crippen LogP contribution >= 0.6 is 0 Å². The van der Waals surface area contributed by atoms with E-state index in [1.165, 1.54) is 0 Å². The maximum Gasteiger partial charge on any atom is 0.485 e. The summed E-state index contributed by atoms with van der Waals surface area (Å²) in [5, 5.41) is 0. The van der Waals surface area contributed by atoms with E-state index in [0.717, 1.165) is 9.79 Å². The Kier molecular flexibility index (Phi) is 7.54. The molecule has 0 saturated carbocycles. The average Bonchev–Trinajstić information content (AvgIpc) is 2.52. The van der Waals surface area contributed by atoms with E-state index in [2.05, 4.69) is 0 Å². The van der Waals surface area contributed by atoms with Gasteiger partial charge >= 0.3 is 11.7 Å². The van der Waals surface area contributed by atoms with Crippen LogP contribution in [-0.4, -0.2) is 30.4 Å². The molecule has 0 bridgehead atoms. The van der Waals surface area contributed by atoms with Crippen molar-refractivity contribution in [3.63, 3.8) is 0 Å². The van der Waals surface area contributed by atoms with Gasteiger partial charge in [0.1, 0.15) is 0 Å². The van der Waals surface area contributed by atoms with Gasteiger partial charge in [-0.2, -0.15) is 26.3 Å². The molecule has 2 aromatic rings. The number of halogens is 6. The summed E-state index contributed by atoms with van der Waals surface area (Å²) in [6.45, 7) is 0. The van der Waals surface area contributed by atoms with Crippen molar-refractivity contribution in [3.8, 4) is 0 Å². The smallest absolute Gasteiger partial charge is 0.485 e. The molecule has 0 saturated heterocycles. The Bertz CT molecular complexity index is 735. The minimum Gasteiger partial charge on any atom is -0.741 e. The number of hydrogen-bond donors (Lipinski definition) is 0. The van der Waals surface area contributed by atoms with E-state index in [9.17, 15) is 26.3 Å². The maximum absolute atomic E-state index is 12.7. The number of rotatable bonds is 3. The molecule has 0 unspecified atom stereocenters. The van der Waals surface area contributed by atoms with E-state index in [1.54, 1.807) is 48.5 Å². The van der Waals surface area contributed by atoms with Crippen molar-refractivity contribution in [1.82, 2.24) is 0 Å². The highest BCUT2D eigenvalue weighted by atomic mass is 32.2. The van der Waals surface area contributed by atoms with Gasteiger partial charge in [0, 0.05) is 0 Å². The lowest BCUT2D eigenvalue weighted by atomic mass is 10.4. The van der Waals surface area contributed by atoms with Gasteiger partial charge in [0.25, 0.3) is 0 Å². The Hall–Kier alpha value is -1.72. The van der Waals surface area contributed by atoms with Gasteiger partial charge in [0.15, 0.2) is 19.9 Å². The molecule has 0 radical (unpaired) electrons. The molecule has 2 aromatic carbocycles. The van der Waals surface area contributed by atoms with Gasteiger partial charge in [0.2, 0.25) is 5.75 Å². The lowest BCUT2D eigenvalue weighted by molar-refractivity contribution is -0.105. The zero-order valence-electron chi connectivity index (χ0n) is 12.8. The Labute approximate surface area is 148 Å². The van der Waals surface area contributed by atoms with Gasteiger partial charge in [-0.1, -0.05) is 36.4 Å². The highest BCUT2D eigenvalue weighted by Crippen LogP contribution is 2.29. The van der Waals surface area contributed by atoms with Crippen LogP contribution in [-0.2, 0) is 21.0 Å². The molecule has 0 aliphatic rings. The van der Waals surface area contributed by atoms with Gasteiger partial charge in [-0.25, -0.2) is 8.42 Å². The molecule has 11 heteroatoms. The van der Waals surface area contributed by atoms with Crippen molar-refractivity contribution in [2.45, 2.75) is 21.5 Å². The molecule has 0 aliphatic heterocycles. The number of benzene rings is 2. The second kappa shape index (κ2) is 8.78. The second-order valence-corrected chi connectivity index (χ2v) is 8.06. The van der Waals surface area contributed by atoms with Crippen LogP contribution < -0.4 is 0 Å². The van der Waals surface area contributed by atoms with E-state index in [0.29, 0.717) is 0 Å². The molecule has 2 rings (SSSR count). The predicted octanol–water partition coefficient (Wildman–Crippen LogP) is 4.34. The summed E-state index contributed by atoms with van der Waals surface area (Å²) < 4.78 is 97.0. The molecule has 0 fully saturated rings. The van der Waals surface area contributed by atoms with Crippen LogP contribution in [0.2, 0.25) is 0 Å². The summed E-state index contributed by atoms with van der Waals surface area (Å²) in [6, 6.07) is 17.7. The lowest BCUT2D eigenvalue weighted by Gasteiger charge is -2.10. The van der Waals surface area contributed by atoms with E-state index < -0.39 is 38.5 Å². The molecule has 0 aliphatic carbocycles. The lowest BCUT2D eigenvalue weighted by Crippen LogP contribution is -2.23. The highest BCUT2D eigenvalue weighted by Gasteiger charge is 2.41. The van der Waals surface area contributed by atoms with Crippen LogP contribution in [0.3, 0.4) is 0 Å². The Morgan fingerprint density at radius 2 is 1.08 bits per heavy atom. The minimum absolute atomic E-state index is 0.723. The first kappa shape index (κ1) is 22.3. The SMILES string of the molecule is FC(F)(F)C[S+](c1ccccc1)c1ccccc1.O=S(=O)([O-])C(F)(F)F. The largest absolute Gasteiger partial charge is 0.741 e. The predicted molar refractivity (Wildman–Crippen MR) is 83.5 cm³/mol. The fraction of sp³-hybridized carbons (Fsp3) is 0.200. The van der Waals surface area contributed by atoms with Crippen molar-refractivity contribution in [3.05, 3.63) is 60.7 Å². The summed E-state index contributed by atoms with van der Waals surface area (Å²) in [5.74, 6) is -0.805. The van der Waals surface area contributed by atoms with E-state index in [4.69, 9.17) is 13.0 Å². The van der Waals surface area contributed by atoms with Gasteiger partial charge in [0.05, 0.1) is 10.9 Å². The average molecular weight is 418 g/mol. The molecule has 0 heterocycles. The van der Waals surface area contributed by atoms with Gasteiger partial charge in [-0.3, -0.25) is 0 Å². The Morgan fingerprint density at radius 3 is 1.31 bits per heavy atom. The van der Waals surface area contributed by atoms with Crippen molar-refractivity contribution < 1.29 is 39.3 Å². The van der Waals surface area contributed by atoms with Crippen molar-refractivity contribution in [1.29, 1.82) is 0 Å². The molecule has 0 atom stereocenters. The summed E-state index contributed by atoms with van der Waals surface area (Å²) in [4.78, 5) is 1.45. The highest BCUT2D eigenvalue weighted by molar-refractivity contribution is 7.97. The third kappa shape index (κ3) is 7.67. The maximum atomic E-state index is 12.7. The van der Waals surface area contributed by atoms with Crippen molar-refractivity contribution >= 4 is 21.0 Å². The number of hydrogen-bond acceptors (Lipinski definition) is 3. The topological polar surface area (TPSA) is 57.2 Å². The van der Waals surface area contributed by atoms with E-state index in [-0.39, 0.29) is 0 Å². The van der Waals surface area contributed by atoms with Crippen LogP contribution in [0.1, 0.15) is 0 Å². The molecule has 0 spiro atoms. The summed E-state index contributed by atoms with van der Waals surface area (Å²) in [7, 11) is -7.04. The third-order valence-electron chi connectivity index (χ3n) is 2.65. The van der Waals surface area contributed by atoms with E-state index in [1.807, 2.05) is 12.1 Å². The second-order valence-electron chi connectivity index (χ2n) is 4.68. The monoisotopic (exact) mass is 418 g/mol. The van der Waals surface area contributed by atoms with Crippen LogP contribution in [0.15, 0.2) is 70.5 Å². The van der Waals surface area contributed by atoms with Gasteiger partial charge in [-0.05, 0) is 24.3 Å². The molecule has 0 amide bonds. The van der Waals surface area contributed by atoms with Crippen LogP contribution in [0.4, 0.5) is 26.3 Å². The molecule has 3 nitrogen and oxygen atoms in total. The molecular formula is C15H12F6O3S2. The first-order valence-corrected chi connectivity index (χ1v) is 9.51. The third-order valence-corrected chi connectivity index (χ3v) is 5.51. The molecule has 0 aromatic heterocycles. The summed E-state index contributed by atoms with van der Waals surface area (Å²) in [5.41, 5.74) is -5.65. The quantitative estimate of drug-likeness (QED) is 0.323. The van der Waals surface area contributed by atoms with E-state index >= 15 is 0 Å². The fourth-order valence-electron chi connectivity index (χ4n) is 1.64. The molecule has 0 N–H and O–H groups in total. The normalized spacial score (nSPS) is 12.5. The van der Waals surface area contributed by atoms with Crippen LogP contribution in [0.25, 0.3) is 0 Å². The molecule has 144 valence electrons. The Balaban J connectivity index is 0.000000359. The van der Waals surface area contributed by atoms with Crippen LogP contribution in [0, 0.1) is 0 Å². The number of alkyl halides is 6. The standard InChI is InChI=1S/C14H12F3S.CHF3O3S/c15-14(16,17)11-18(12-7-3-1-4-8-12)13-9-5-2-6-10-13;2-1(3,4)8(5,6)7/h1-10H,11H2;(H,5,6,7)/q+1;/p-1.